The van der Waals surface area contributed by atoms with Crippen LogP contribution in [0.5, 0.6) is 0 Å². The van der Waals surface area contributed by atoms with Gasteiger partial charge in [-0.15, -0.1) is 0 Å². The Morgan fingerprint density at radius 1 is 1.44 bits per heavy atom. The predicted octanol–water partition coefficient (Wildman–Crippen LogP) is 1.33. The van der Waals surface area contributed by atoms with E-state index >= 15 is 0 Å². The summed E-state index contributed by atoms with van der Waals surface area (Å²) in [5.41, 5.74) is -0.808. The minimum atomic E-state index is -4.36. The van der Waals surface area contributed by atoms with Gasteiger partial charge in [0.2, 0.25) is 5.91 Å². The van der Waals surface area contributed by atoms with Crippen LogP contribution in [0.25, 0.3) is 0 Å². The first-order valence-electron chi connectivity index (χ1n) is 5.90. The molecule has 1 N–H and O–H groups in total. The van der Waals surface area contributed by atoms with E-state index in [-0.39, 0.29) is 32.0 Å². The molecule has 106 valence electrons. The molecule has 1 aliphatic heterocycles. The van der Waals surface area contributed by atoms with Crippen molar-refractivity contribution in [1.82, 2.24) is 4.90 Å². The molecule has 0 aromatic carbocycles. The number of amides is 1. The number of hydrogen-bond donors (Lipinski definition) is 1. The normalized spacial score (nSPS) is 18.6. The molecule has 0 aliphatic carbocycles. The van der Waals surface area contributed by atoms with Gasteiger partial charge < -0.3 is 14.7 Å². The molecule has 1 heterocycles. The first kappa shape index (κ1) is 15.2. The number of carbonyl (C=O) groups is 1. The third-order valence-electron chi connectivity index (χ3n) is 2.76. The van der Waals surface area contributed by atoms with Gasteiger partial charge in [-0.1, -0.05) is 13.3 Å². The van der Waals surface area contributed by atoms with E-state index in [1.54, 1.807) is 0 Å². The lowest BCUT2D eigenvalue weighted by atomic mass is 9.89. The van der Waals surface area contributed by atoms with E-state index in [4.69, 9.17) is 0 Å². The van der Waals surface area contributed by atoms with Crippen molar-refractivity contribution < 1.29 is 27.8 Å². The summed E-state index contributed by atoms with van der Waals surface area (Å²) in [5, 5.41) is 9.83. The molecule has 4 nitrogen and oxygen atoms in total. The van der Waals surface area contributed by atoms with E-state index < -0.39 is 18.4 Å². The molecule has 0 radical (unpaired) electrons. The molecule has 0 spiro atoms. The lowest BCUT2D eigenvalue weighted by Gasteiger charge is -2.46. The number of ether oxygens (including phenoxy) is 1. The minimum Gasteiger partial charge on any atom is -0.386 e. The van der Waals surface area contributed by atoms with Crippen LogP contribution < -0.4 is 0 Å². The fourth-order valence-corrected chi connectivity index (χ4v) is 1.97. The quantitative estimate of drug-likeness (QED) is 0.740. The Balaban J connectivity index is 2.13. The lowest BCUT2D eigenvalue weighted by molar-refractivity contribution is -0.177. The van der Waals surface area contributed by atoms with Crippen LogP contribution in [-0.2, 0) is 9.53 Å². The average molecular weight is 269 g/mol. The maximum atomic E-state index is 11.7. The third kappa shape index (κ3) is 4.81. The van der Waals surface area contributed by atoms with E-state index in [2.05, 4.69) is 4.74 Å². The molecule has 1 aliphatic rings. The summed E-state index contributed by atoms with van der Waals surface area (Å²) in [6.45, 7) is 0.881. The van der Waals surface area contributed by atoms with Crippen LogP contribution in [0.2, 0.25) is 0 Å². The molecule has 0 saturated carbocycles. The van der Waals surface area contributed by atoms with Gasteiger partial charge in [-0.3, -0.25) is 4.79 Å². The van der Waals surface area contributed by atoms with Crippen molar-refractivity contribution >= 4 is 5.91 Å². The molecule has 1 rings (SSSR count). The topological polar surface area (TPSA) is 49.8 Å². The zero-order valence-electron chi connectivity index (χ0n) is 10.3. The van der Waals surface area contributed by atoms with Gasteiger partial charge in [0.15, 0.2) is 0 Å². The molecule has 1 fully saturated rings. The van der Waals surface area contributed by atoms with Gasteiger partial charge in [0, 0.05) is 0 Å². The smallest absolute Gasteiger partial charge is 0.386 e. The maximum absolute atomic E-state index is 11.7. The van der Waals surface area contributed by atoms with Crippen molar-refractivity contribution in [2.75, 3.05) is 26.3 Å². The molecular formula is C11H18F3NO3. The number of rotatable bonds is 6. The first-order valence-corrected chi connectivity index (χ1v) is 5.90. The Morgan fingerprint density at radius 3 is 2.56 bits per heavy atom. The monoisotopic (exact) mass is 269 g/mol. The fraction of sp³-hybridized carbons (Fsp3) is 0.909. The molecule has 0 aromatic heterocycles. The van der Waals surface area contributed by atoms with Crippen molar-refractivity contribution in [3.8, 4) is 0 Å². The standard InChI is InChI=1S/C11H18F3NO3/c1-2-4-10(17)6-15(7-10)9(16)3-5-18-8-11(12,13)14/h17H,2-8H2,1H3. The number of nitrogens with zero attached hydrogens (tertiary/aromatic N) is 1. The lowest BCUT2D eigenvalue weighted by Crippen LogP contribution is -2.63. The summed E-state index contributed by atoms with van der Waals surface area (Å²) in [6, 6.07) is 0. The highest BCUT2D eigenvalue weighted by Gasteiger charge is 2.42. The Morgan fingerprint density at radius 2 is 2.06 bits per heavy atom. The van der Waals surface area contributed by atoms with Gasteiger partial charge >= 0.3 is 6.18 Å². The summed E-state index contributed by atoms with van der Waals surface area (Å²) in [4.78, 5) is 12.9. The fourth-order valence-electron chi connectivity index (χ4n) is 1.97. The van der Waals surface area contributed by atoms with Gasteiger partial charge in [0.25, 0.3) is 0 Å². The summed E-state index contributed by atoms with van der Waals surface area (Å²) in [5.74, 6) is -0.280. The van der Waals surface area contributed by atoms with Crippen LogP contribution in [0.1, 0.15) is 26.2 Å². The van der Waals surface area contributed by atoms with E-state index in [1.807, 2.05) is 6.92 Å². The zero-order chi connectivity index (χ0) is 13.8. The van der Waals surface area contributed by atoms with Crippen LogP contribution in [0.3, 0.4) is 0 Å². The van der Waals surface area contributed by atoms with E-state index in [0.717, 1.165) is 6.42 Å². The number of aliphatic hydroxyl groups is 1. The minimum absolute atomic E-state index is 0.0850. The maximum Gasteiger partial charge on any atom is 0.411 e. The second-order valence-corrected chi connectivity index (χ2v) is 4.64. The molecule has 0 unspecified atom stereocenters. The Labute approximate surface area is 104 Å². The average Bonchev–Trinajstić information content (AvgIpc) is 2.19. The Kier molecular flexibility index (Phi) is 4.98. The molecular weight excluding hydrogens is 251 g/mol. The first-order chi connectivity index (χ1) is 8.26. The summed E-state index contributed by atoms with van der Waals surface area (Å²) in [6.07, 6.45) is -2.99. The van der Waals surface area contributed by atoms with Gasteiger partial charge in [-0.2, -0.15) is 13.2 Å². The number of alkyl halides is 3. The number of halogens is 3. The molecule has 0 bridgehead atoms. The second-order valence-electron chi connectivity index (χ2n) is 4.64. The summed E-state index contributed by atoms with van der Waals surface area (Å²) < 4.78 is 39.6. The van der Waals surface area contributed by atoms with Gasteiger partial charge in [0.05, 0.1) is 31.7 Å². The van der Waals surface area contributed by atoms with Crippen LogP contribution in [-0.4, -0.2) is 54.0 Å². The Hall–Kier alpha value is -0.820. The molecule has 18 heavy (non-hydrogen) atoms. The van der Waals surface area contributed by atoms with Gasteiger partial charge in [-0.05, 0) is 6.42 Å². The van der Waals surface area contributed by atoms with Crippen LogP contribution in [0.15, 0.2) is 0 Å². The molecule has 0 aromatic rings. The van der Waals surface area contributed by atoms with Gasteiger partial charge in [0.1, 0.15) is 6.61 Å². The van der Waals surface area contributed by atoms with Crippen molar-refractivity contribution in [2.45, 2.75) is 38.0 Å². The predicted molar refractivity (Wildman–Crippen MR) is 57.9 cm³/mol. The van der Waals surface area contributed by atoms with Crippen molar-refractivity contribution in [1.29, 1.82) is 0 Å². The van der Waals surface area contributed by atoms with Crippen LogP contribution in [0, 0.1) is 0 Å². The number of likely N-dealkylation sites (tertiary alicyclic amines) is 1. The third-order valence-corrected chi connectivity index (χ3v) is 2.76. The molecule has 0 atom stereocenters. The summed E-state index contributed by atoms with van der Waals surface area (Å²) >= 11 is 0. The number of β-amino-alcohol motifs (C(OH)–C–C–N with tert-alkyl or cyclic N) is 1. The van der Waals surface area contributed by atoms with Crippen molar-refractivity contribution in [2.24, 2.45) is 0 Å². The highest BCUT2D eigenvalue weighted by atomic mass is 19.4. The van der Waals surface area contributed by atoms with Crippen molar-refractivity contribution in [3.05, 3.63) is 0 Å². The van der Waals surface area contributed by atoms with E-state index in [0.29, 0.717) is 6.42 Å². The largest absolute Gasteiger partial charge is 0.411 e. The molecule has 7 heteroatoms. The number of hydrogen-bond acceptors (Lipinski definition) is 3. The van der Waals surface area contributed by atoms with E-state index in [9.17, 15) is 23.1 Å². The summed E-state index contributed by atoms with van der Waals surface area (Å²) in [7, 11) is 0. The highest BCUT2D eigenvalue weighted by molar-refractivity contribution is 5.77. The van der Waals surface area contributed by atoms with Crippen LogP contribution >= 0.6 is 0 Å². The number of carbonyl (C=O) groups excluding carboxylic acids is 1. The molecule has 1 amide bonds. The van der Waals surface area contributed by atoms with Crippen LogP contribution in [0.4, 0.5) is 13.2 Å². The Bertz CT molecular complexity index is 288. The van der Waals surface area contributed by atoms with Gasteiger partial charge in [-0.25, -0.2) is 0 Å². The highest BCUT2D eigenvalue weighted by Crippen LogP contribution is 2.26. The SMILES string of the molecule is CCCC1(O)CN(C(=O)CCOCC(F)(F)F)C1. The molecule has 1 saturated heterocycles. The second kappa shape index (κ2) is 5.88. The zero-order valence-corrected chi connectivity index (χ0v) is 10.3. The van der Waals surface area contributed by atoms with Crippen molar-refractivity contribution in [3.63, 3.8) is 0 Å². The van der Waals surface area contributed by atoms with E-state index in [1.165, 1.54) is 4.90 Å².